The molecule has 2 atom stereocenters. The molecule has 0 spiro atoms. The Hall–Kier alpha value is -1.60. The zero-order valence-electron chi connectivity index (χ0n) is 10.8. The first kappa shape index (κ1) is 14.8. The molecule has 2 N–H and O–H groups in total. The van der Waals surface area contributed by atoms with Crippen LogP contribution in [0.1, 0.15) is 15.9 Å². The lowest BCUT2D eigenvalue weighted by molar-refractivity contribution is -0.137. The summed E-state index contributed by atoms with van der Waals surface area (Å²) in [5, 5.41) is 5.60. The van der Waals surface area contributed by atoms with Crippen LogP contribution in [0, 0.1) is 0 Å². The van der Waals surface area contributed by atoms with Crippen molar-refractivity contribution in [3.8, 4) is 0 Å². The number of carbonyl (C=O) groups excluding carboxylic acids is 1. The van der Waals surface area contributed by atoms with Crippen molar-refractivity contribution in [2.24, 2.45) is 0 Å². The standard InChI is InChI=1S/C13H15F3N2O2/c1-20-11-7-17-6-10(11)18-12(19)8-4-2-3-5-9(8)13(14,15)16/h2-5,10-11,17H,6-7H2,1H3,(H,18,19)/t10-,11+/m1/s1. The van der Waals surface area contributed by atoms with Gasteiger partial charge in [-0.3, -0.25) is 4.79 Å². The van der Waals surface area contributed by atoms with Gasteiger partial charge in [0, 0.05) is 20.2 Å². The van der Waals surface area contributed by atoms with Crippen molar-refractivity contribution in [2.45, 2.75) is 18.3 Å². The molecule has 1 heterocycles. The molecule has 4 nitrogen and oxygen atoms in total. The molecule has 20 heavy (non-hydrogen) atoms. The molecule has 1 aromatic carbocycles. The van der Waals surface area contributed by atoms with Crippen LogP contribution in [0.25, 0.3) is 0 Å². The number of amides is 1. The Bertz CT molecular complexity index is 491. The van der Waals surface area contributed by atoms with Crippen LogP contribution >= 0.6 is 0 Å². The van der Waals surface area contributed by atoms with Crippen LogP contribution in [-0.4, -0.2) is 38.3 Å². The SMILES string of the molecule is CO[C@H]1CNC[C@H]1NC(=O)c1ccccc1C(F)(F)F. The third-order valence-electron chi connectivity index (χ3n) is 3.25. The van der Waals surface area contributed by atoms with E-state index in [2.05, 4.69) is 10.6 Å². The lowest BCUT2D eigenvalue weighted by Gasteiger charge is -2.20. The molecular weight excluding hydrogens is 273 g/mol. The van der Waals surface area contributed by atoms with Gasteiger partial charge in [0.1, 0.15) is 0 Å². The van der Waals surface area contributed by atoms with Gasteiger partial charge in [0.25, 0.3) is 5.91 Å². The largest absolute Gasteiger partial charge is 0.417 e. The summed E-state index contributed by atoms with van der Waals surface area (Å²) in [7, 11) is 1.50. The summed E-state index contributed by atoms with van der Waals surface area (Å²) in [6.45, 7) is 1.03. The third-order valence-corrected chi connectivity index (χ3v) is 3.25. The highest BCUT2D eigenvalue weighted by atomic mass is 19.4. The number of rotatable bonds is 3. The molecule has 0 aliphatic carbocycles. The molecule has 0 radical (unpaired) electrons. The first-order valence-electron chi connectivity index (χ1n) is 6.14. The number of halogens is 3. The third kappa shape index (κ3) is 3.10. The number of ether oxygens (including phenoxy) is 1. The van der Waals surface area contributed by atoms with Crippen molar-refractivity contribution in [2.75, 3.05) is 20.2 Å². The number of benzene rings is 1. The Morgan fingerprint density at radius 2 is 2.05 bits per heavy atom. The fourth-order valence-corrected chi connectivity index (χ4v) is 2.22. The van der Waals surface area contributed by atoms with Gasteiger partial charge in [-0.25, -0.2) is 0 Å². The first-order valence-corrected chi connectivity index (χ1v) is 6.14. The van der Waals surface area contributed by atoms with Crippen LogP contribution in [-0.2, 0) is 10.9 Å². The molecule has 110 valence electrons. The highest BCUT2D eigenvalue weighted by molar-refractivity contribution is 5.96. The van der Waals surface area contributed by atoms with Gasteiger partial charge < -0.3 is 15.4 Å². The lowest BCUT2D eigenvalue weighted by Crippen LogP contribution is -2.44. The zero-order chi connectivity index (χ0) is 14.8. The normalized spacial score (nSPS) is 22.8. The average molecular weight is 288 g/mol. The molecule has 0 bridgehead atoms. The minimum absolute atomic E-state index is 0.239. The zero-order valence-corrected chi connectivity index (χ0v) is 10.8. The van der Waals surface area contributed by atoms with Crippen LogP contribution < -0.4 is 10.6 Å². The molecule has 1 saturated heterocycles. The van der Waals surface area contributed by atoms with E-state index in [1.807, 2.05) is 0 Å². The van der Waals surface area contributed by atoms with Crippen LogP contribution in [0.4, 0.5) is 13.2 Å². The van der Waals surface area contributed by atoms with E-state index in [0.29, 0.717) is 13.1 Å². The van der Waals surface area contributed by atoms with Gasteiger partial charge in [-0.15, -0.1) is 0 Å². The maximum Gasteiger partial charge on any atom is 0.417 e. The average Bonchev–Trinajstić information content (AvgIpc) is 2.85. The van der Waals surface area contributed by atoms with Crippen molar-refractivity contribution in [1.82, 2.24) is 10.6 Å². The second kappa shape index (κ2) is 5.80. The molecule has 1 aliphatic rings. The van der Waals surface area contributed by atoms with Crippen LogP contribution in [0.2, 0.25) is 0 Å². The van der Waals surface area contributed by atoms with E-state index in [-0.39, 0.29) is 17.7 Å². The number of hydrogen-bond acceptors (Lipinski definition) is 3. The highest BCUT2D eigenvalue weighted by Gasteiger charge is 2.36. The van der Waals surface area contributed by atoms with Gasteiger partial charge >= 0.3 is 6.18 Å². The van der Waals surface area contributed by atoms with Gasteiger partial charge in [0.05, 0.1) is 23.3 Å². The monoisotopic (exact) mass is 288 g/mol. The van der Waals surface area contributed by atoms with Gasteiger partial charge in [-0.1, -0.05) is 12.1 Å². The Kier molecular flexibility index (Phi) is 4.29. The number of carbonyl (C=O) groups is 1. The fraction of sp³-hybridized carbons (Fsp3) is 0.462. The van der Waals surface area contributed by atoms with Crippen LogP contribution in [0.3, 0.4) is 0 Å². The molecule has 0 unspecified atom stereocenters. The van der Waals surface area contributed by atoms with Gasteiger partial charge in [0.2, 0.25) is 0 Å². The molecular formula is C13H15F3N2O2. The summed E-state index contributed by atoms with van der Waals surface area (Å²) in [6.07, 6.45) is -4.79. The number of nitrogens with one attached hydrogen (secondary N) is 2. The van der Waals surface area contributed by atoms with E-state index in [0.717, 1.165) is 6.07 Å². The Balaban J connectivity index is 2.18. The number of methoxy groups -OCH3 is 1. The van der Waals surface area contributed by atoms with E-state index in [1.165, 1.54) is 25.3 Å². The van der Waals surface area contributed by atoms with E-state index in [1.54, 1.807) is 0 Å². The molecule has 0 aromatic heterocycles. The molecule has 1 aliphatic heterocycles. The van der Waals surface area contributed by atoms with Crippen LogP contribution in [0.5, 0.6) is 0 Å². The summed E-state index contributed by atoms with van der Waals surface area (Å²) in [5.41, 5.74) is -1.31. The minimum atomic E-state index is -4.55. The van der Waals surface area contributed by atoms with E-state index in [9.17, 15) is 18.0 Å². The Morgan fingerprint density at radius 1 is 1.35 bits per heavy atom. The summed E-state index contributed by atoms with van der Waals surface area (Å²) in [5.74, 6) is -0.742. The topological polar surface area (TPSA) is 50.4 Å². The molecule has 7 heteroatoms. The lowest BCUT2D eigenvalue weighted by atomic mass is 10.1. The smallest absolute Gasteiger partial charge is 0.378 e. The fourth-order valence-electron chi connectivity index (χ4n) is 2.22. The van der Waals surface area contributed by atoms with E-state index in [4.69, 9.17) is 4.74 Å². The van der Waals surface area contributed by atoms with Gasteiger partial charge in [-0.05, 0) is 12.1 Å². The minimum Gasteiger partial charge on any atom is -0.378 e. The second-order valence-electron chi connectivity index (χ2n) is 4.56. The maximum absolute atomic E-state index is 12.8. The van der Waals surface area contributed by atoms with E-state index >= 15 is 0 Å². The summed E-state index contributed by atoms with van der Waals surface area (Å²) in [4.78, 5) is 12.0. The van der Waals surface area contributed by atoms with Crippen molar-refractivity contribution in [3.05, 3.63) is 35.4 Å². The summed E-state index contributed by atoms with van der Waals surface area (Å²) >= 11 is 0. The Labute approximate surface area is 114 Å². The van der Waals surface area contributed by atoms with Gasteiger partial charge in [0.15, 0.2) is 0 Å². The summed E-state index contributed by atoms with van der Waals surface area (Å²) in [6, 6.07) is 4.39. The molecule has 0 saturated carbocycles. The summed E-state index contributed by atoms with van der Waals surface area (Å²) < 4.78 is 43.7. The van der Waals surface area contributed by atoms with Crippen molar-refractivity contribution in [3.63, 3.8) is 0 Å². The predicted molar refractivity (Wildman–Crippen MR) is 66.4 cm³/mol. The number of alkyl halides is 3. The van der Waals surface area contributed by atoms with Gasteiger partial charge in [-0.2, -0.15) is 13.2 Å². The molecule has 1 amide bonds. The molecule has 2 rings (SSSR count). The number of hydrogen-bond donors (Lipinski definition) is 2. The quantitative estimate of drug-likeness (QED) is 0.884. The van der Waals surface area contributed by atoms with Crippen molar-refractivity contribution >= 4 is 5.91 Å². The maximum atomic E-state index is 12.8. The second-order valence-corrected chi connectivity index (χ2v) is 4.56. The van der Waals surface area contributed by atoms with E-state index < -0.39 is 17.6 Å². The molecule has 1 aromatic rings. The van der Waals surface area contributed by atoms with Crippen LogP contribution in [0.15, 0.2) is 24.3 Å². The molecule has 1 fully saturated rings. The predicted octanol–water partition coefficient (Wildman–Crippen LogP) is 1.42. The van der Waals surface area contributed by atoms with Crippen molar-refractivity contribution in [1.29, 1.82) is 0 Å². The Morgan fingerprint density at radius 3 is 2.70 bits per heavy atom. The van der Waals surface area contributed by atoms with Crippen molar-refractivity contribution < 1.29 is 22.7 Å². The highest BCUT2D eigenvalue weighted by Crippen LogP contribution is 2.31. The first-order chi connectivity index (χ1) is 9.43.